The van der Waals surface area contributed by atoms with Crippen molar-refractivity contribution in [1.29, 1.82) is 0 Å². The molecule has 0 atom stereocenters. The molecule has 0 unspecified atom stereocenters. The Morgan fingerprint density at radius 1 is 1.17 bits per heavy atom. The fourth-order valence-electron chi connectivity index (χ4n) is 2.81. The Kier molecular flexibility index (Phi) is 4.73. The van der Waals surface area contributed by atoms with Crippen LogP contribution in [0.1, 0.15) is 0 Å². The number of fused-ring (bicyclic) bond motifs is 1. The minimum atomic E-state index is -0.515. The van der Waals surface area contributed by atoms with Crippen molar-refractivity contribution in [2.75, 3.05) is 12.4 Å². The van der Waals surface area contributed by atoms with Crippen molar-refractivity contribution >= 4 is 22.6 Å². The van der Waals surface area contributed by atoms with Crippen molar-refractivity contribution in [2.45, 2.75) is 6.54 Å². The second-order valence-electron chi connectivity index (χ2n) is 6.07. The van der Waals surface area contributed by atoms with Crippen LogP contribution in [0.3, 0.4) is 0 Å². The van der Waals surface area contributed by atoms with Crippen molar-refractivity contribution in [3.63, 3.8) is 0 Å². The average molecular weight is 394 g/mol. The van der Waals surface area contributed by atoms with Gasteiger partial charge in [-0.15, -0.1) is 5.10 Å². The van der Waals surface area contributed by atoms with E-state index in [4.69, 9.17) is 4.74 Å². The van der Waals surface area contributed by atoms with E-state index in [9.17, 15) is 14.0 Å². The summed E-state index contributed by atoms with van der Waals surface area (Å²) < 4.78 is 20.6. The molecular weight excluding hydrogens is 379 g/mol. The summed E-state index contributed by atoms with van der Waals surface area (Å²) in [6, 6.07) is 12.5. The fourth-order valence-corrected chi connectivity index (χ4v) is 2.81. The highest BCUT2D eigenvalue weighted by molar-refractivity contribution is 5.92. The number of benzene rings is 2. The van der Waals surface area contributed by atoms with Crippen molar-refractivity contribution in [2.24, 2.45) is 0 Å². The summed E-state index contributed by atoms with van der Waals surface area (Å²) in [5, 5.41) is 14.8. The van der Waals surface area contributed by atoms with Gasteiger partial charge in [-0.1, -0.05) is 17.3 Å². The number of nitrogens with zero attached hydrogens (tertiary/aromatic N) is 5. The Labute approximate surface area is 163 Å². The van der Waals surface area contributed by atoms with Crippen molar-refractivity contribution in [3.05, 3.63) is 70.9 Å². The molecule has 2 heterocycles. The first-order chi connectivity index (χ1) is 14.1. The molecule has 0 bridgehead atoms. The number of carbonyl (C=O) groups excluding carboxylic acids is 1. The number of anilines is 1. The lowest BCUT2D eigenvalue weighted by molar-refractivity contribution is -0.117. The molecule has 9 nitrogen and oxygen atoms in total. The van der Waals surface area contributed by atoms with Gasteiger partial charge in [-0.2, -0.15) is 5.10 Å². The van der Waals surface area contributed by atoms with Gasteiger partial charge in [-0.05, 0) is 36.4 Å². The Hall–Kier alpha value is -4.08. The highest BCUT2D eigenvalue weighted by atomic mass is 19.1. The lowest BCUT2D eigenvalue weighted by Gasteiger charge is -2.10. The molecule has 0 aliphatic heterocycles. The van der Waals surface area contributed by atoms with E-state index >= 15 is 0 Å². The smallest absolute Gasteiger partial charge is 0.281 e. The van der Waals surface area contributed by atoms with Crippen LogP contribution >= 0.6 is 0 Å². The Morgan fingerprint density at radius 2 is 1.93 bits per heavy atom. The zero-order valence-corrected chi connectivity index (χ0v) is 15.2. The number of nitrogens with one attached hydrogen (secondary N) is 1. The molecule has 0 radical (unpaired) electrons. The van der Waals surface area contributed by atoms with Gasteiger partial charge in [0, 0.05) is 0 Å². The minimum Gasteiger partial charge on any atom is -0.495 e. The van der Waals surface area contributed by atoms with Gasteiger partial charge in [0.15, 0.2) is 5.65 Å². The van der Waals surface area contributed by atoms with E-state index in [1.807, 2.05) is 0 Å². The third kappa shape index (κ3) is 3.55. The molecular formula is C19H15FN6O3. The van der Waals surface area contributed by atoms with Crippen LogP contribution in [0.5, 0.6) is 5.75 Å². The summed E-state index contributed by atoms with van der Waals surface area (Å²) in [7, 11) is 1.49. The molecule has 1 N–H and O–H groups in total. The van der Waals surface area contributed by atoms with Crippen molar-refractivity contribution in [3.8, 4) is 11.4 Å². The number of amides is 1. The highest BCUT2D eigenvalue weighted by Crippen LogP contribution is 2.22. The van der Waals surface area contributed by atoms with E-state index in [-0.39, 0.29) is 23.4 Å². The van der Waals surface area contributed by atoms with Gasteiger partial charge in [-0.3, -0.25) is 9.59 Å². The number of hydrogen-bond donors (Lipinski definition) is 1. The SMILES string of the molecule is COc1ccccc1NC(=O)Cn1nnc2c(cnn2-c2ccc(F)cc2)c1=O. The van der Waals surface area contributed by atoms with Crippen LogP contribution < -0.4 is 15.6 Å². The summed E-state index contributed by atoms with van der Waals surface area (Å²) in [6.07, 6.45) is 1.34. The maximum Gasteiger partial charge on any atom is 0.281 e. The van der Waals surface area contributed by atoms with Crippen LogP contribution in [0.4, 0.5) is 10.1 Å². The molecule has 0 spiro atoms. The van der Waals surface area contributed by atoms with Gasteiger partial charge >= 0.3 is 0 Å². The molecule has 0 saturated carbocycles. The van der Waals surface area contributed by atoms with Crippen LogP contribution in [0.15, 0.2) is 59.5 Å². The molecule has 2 aromatic heterocycles. The minimum absolute atomic E-state index is 0.189. The van der Waals surface area contributed by atoms with Gasteiger partial charge < -0.3 is 10.1 Å². The molecule has 0 aliphatic carbocycles. The molecule has 0 aliphatic rings. The van der Waals surface area contributed by atoms with Crippen LogP contribution in [0, 0.1) is 5.82 Å². The maximum absolute atomic E-state index is 13.1. The summed E-state index contributed by atoms with van der Waals surface area (Å²) in [4.78, 5) is 25.0. The predicted octanol–water partition coefficient (Wildman–Crippen LogP) is 1.76. The first kappa shape index (κ1) is 18.3. The molecule has 29 heavy (non-hydrogen) atoms. The number of ether oxygens (including phenoxy) is 1. The van der Waals surface area contributed by atoms with Crippen molar-refractivity contribution in [1.82, 2.24) is 24.8 Å². The average Bonchev–Trinajstić information content (AvgIpc) is 3.16. The van der Waals surface area contributed by atoms with E-state index in [0.29, 0.717) is 17.1 Å². The Bertz CT molecular complexity index is 1250. The highest BCUT2D eigenvalue weighted by Gasteiger charge is 2.15. The van der Waals surface area contributed by atoms with Crippen molar-refractivity contribution < 1.29 is 13.9 Å². The molecule has 0 saturated heterocycles. The number of halogens is 1. The largest absolute Gasteiger partial charge is 0.495 e. The first-order valence-corrected chi connectivity index (χ1v) is 8.57. The van der Waals surface area contributed by atoms with Crippen LogP contribution in [0.2, 0.25) is 0 Å². The fraction of sp³-hybridized carbons (Fsp3) is 0.105. The second-order valence-corrected chi connectivity index (χ2v) is 6.07. The van der Waals surface area contributed by atoms with E-state index in [2.05, 4.69) is 20.7 Å². The van der Waals surface area contributed by atoms with Gasteiger partial charge in [0.2, 0.25) is 5.91 Å². The van der Waals surface area contributed by atoms with E-state index in [0.717, 1.165) is 4.68 Å². The number of hydrogen-bond acceptors (Lipinski definition) is 6. The standard InChI is InChI=1S/C19H15FN6O3/c1-29-16-5-3-2-4-15(16)22-17(27)11-25-19(28)14-10-21-26(18(14)23-24-25)13-8-6-12(20)7-9-13/h2-10H,11H2,1H3,(H,22,27). The zero-order chi connectivity index (χ0) is 20.4. The molecule has 4 aromatic rings. The van der Waals surface area contributed by atoms with E-state index in [1.165, 1.54) is 42.3 Å². The summed E-state index contributed by atoms with van der Waals surface area (Å²) >= 11 is 0. The quantitative estimate of drug-likeness (QED) is 0.553. The predicted molar refractivity (Wildman–Crippen MR) is 103 cm³/mol. The lowest BCUT2D eigenvalue weighted by atomic mass is 10.3. The van der Waals surface area contributed by atoms with Gasteiger partial charge in [-0.25, -0.2) is 13.8 Å². The van der Waals surface area contributed by atoms with Crippen LogP contribution in [-0.2, 0) is 11.3 Å². The number of methoxy groups -OCH3 is 1. The van der Waals surface area contributed by atoms with Crippen LogP contribution in [-0.4, -0.2) is 37.8 Å². The number of carbonyl (C=O) groups is 1. The van der Waals surface area contributed by atoms with Gasteiger partial charge in [0.1, 0.15) is 23.5 Å². The summed E-state index contributed by atoms with van der Waals surface area (Å²) in [5.74, 6) is -0.355. The van der Waals surface area contributed by atoms with E-state index < -0.39 is 11.5 Å². The normalized spacial score (nSPS) is 10.8. The Balaban J connectivity index is 1.60. The van der Waals surface area contributed by atoms with E-state index in [1.54, 1.807) is 24.3 Å². The summed E-state index contributed by atoms with van der Waals surface area (Å²) in [6.45, 7) is -0.332. The molecule has 10 heteroatoms. The molecule has 0 fully saturated rings. The number of aromatic nitrogens is 5. The monoisotopic (exact) mass is 394 g/mol. The maximum atomic E-state index is 13.1. The Morgan fingerprint density at radius 3 is 2.69 bits per heavy atom. The van der Waals surface area contributed by atoms with Crippen LogP contribution in [0.25, 0.3) is 16.7 Å². The molecule has 4 rings (SSSR count). The van der Waals surface area contributed by atoms with Gasteiger partial charge in [0.05, 0.1) is 24.7 Å². The summed E-state index contributed by atoms with van der Waals surface area (Å²) in [5.41, 5.74) is 0.703. The topological polar surface area (TPSA) is 104 Å². The number of rotatable bonds is 5. The molecule has 146 valence electrons. The third-order valence-corrected chi connectivity index (χ3v) is 4.20. The lowest BCUT2D eigenvalue weighted by Crippen LogP contribution is -2.30. The zero-order valence-electron chi connectivity index (χ0n) is 15.2. The molecule has 1 amide bonds. The number of para-hydroxylation sites is 2. The van der Waals surface area contributed by atoms with Gasteiger partial charge in [0.25, 0.3) is 5.56 Å². The third-order valence-electron chi connectivity index (χ3n) is 4.20. The second kappa shape index (κ2) is 7.50. The molecule has 2 aromatic carbocycles. The first-order valence-electron chi connectivity index (χ1n) is 8.57.